The molecule has 5 rings (SSSR count). The van der Waals surface area contributed by atoms with E-state index in [-0.39, 0.29) is 18.4 Å². The van der Waals surface area contributed by atoms with E-state index < -0.39 is 0 Å². The fourth-order valence-electron chi connectivity index (χ4n) is 3.92. The molecule has 1 N–H and O–H groups in total. The van der Waals surface area contributed by atoms with Crippen LogP contribution in [0, 0.1) is 0 Å². The summed E-state index contributed by atoms with van der Waals surface area (Å²) < 4.78 is 11.7. The van der Waals surface area contributed by atoms with Crippen LogP contribution in [-0.4, -0.2) is 25.0 Å². The third kappa shape index (κ3) is 4.11. The van der Waals surface area contributed by atoms with Crippen molar-refractivity contribution in [2.24, 2.45) is 0 Å². The highest BCUT2D eigenvalue weighted by Gasteiger charge is 2.27. The zero-order valence-electron chi connectivity index (χ0n) is 18.1. The summed E-state index contributed by atoms with van der Waals surface area (Å²) in [7, 11) is 0. The molecule has 0 spiro atoms. The number of para-hydroxylation sites is 2. The van der Waals surface area contributed by atoms with Crippen LogP contribution >= 0.6 is 0 Å². The molecule has 0 saturated heterocycles. The lowest BCUT2D eigenvalue weighted by molar-refractivity contribution is -0.118. The molecule has 0 unspecified atom stereocenters. The van der Waals surface area contributed by atoms with E-state index >= 15 is 0 Å². The molecule has 1 aliphatic rings. The molecule has 0 aromatic heterocycles. The van der Waals surface area contributed by atoms with Gasteiger partial charge >= 0.3 is 0 Å². The molecule has 0 aliphatic carbocycles. The number of nitrogens with one attached hydrogen (secondary N) is 1. The van der Waals surface area contributed by atoms with Gasteiger partial charge in [0.2, 0.25) is 0 Å². The maximum Gasteiger partial charge on any atom is 0.262 e. The minimum Gasteiger partial charge on any atom is -0.484 e. The monoisotopic (exact) mass is 438 g/mol. The first-order valence-electron chi connectivity index (χ1n) is 10.8. The number of hydrogen-bond acceptors (Lipinski definition) is 4. The van der Waals surface area contributed by atoms with Crippen LogP contribution in [-0.2, 0) is 4.79 Å². The molecule has 33 heavy (non-hydrogen) atoms. The Kier molecular flexibility index (Phi) is 5.40. The average Bonchev–Trinajstić information content (AvgIpc) is 2.96. The molecule has 0 bridgehead atoms. The molecule has 6 nitrogen and oxygen atoms in total. The van der Waals surface area contributed by atoms with E-state index in [9.17, 15) is 9.59 Å². The minimum absolute atomic E-state index is 0.146. The van der Waals surface area contributed by atoms with Crippen LogP contribution in [0.4, 0.5) is 11.4 Å². The lowest BCUT2D eigenvalue weighted by Crippen LogP contribution is -2.30. The van der Waals surface area contributed by atoms with Crippen LogP contribution < -0.4 is 19.7 Å². The third-order valence-electron chi connectivity index (χ3n) is 5.52. The maximum absolute atomic E-state index is 13.2. The third-order valence-corrected chi connectivity index (χ3v) is 5.52. The van der Waals surface area contributed by atoms with Gasteiger partial charge < -0.3 is 19.7 Å². The standard InChI is InChI=1S/C27H22N2O4/c1-2-29-23-9-5-6-10-25(23)33-24-14-12-20(16-22(24)27(29)31)28-26(30)17-32-21-13-11-18-7-3-4-8-19(18)15-21/h3-16H,2,17H2,1H3,(H,28,30). The summed E-state index contributed by atoms with van der Waals surface area (Å²) in [5, 5.41) is 4.95. The van der Waals surface area contributed by atoms with E-state index in [4.69, 9.17) is 9.47 Å². The Morgan fingerprint density at radius 1 is 0.909 bits per heavy atom. The van der Waals surface area contributed by atoms with Gasteiger partial charge in [-0.05, 0) is 60.2 Å². The Morgan fingerprint density at radius 2 is 1.70 bits per heavy atom. The number of carbonyl (C=O) groups is 2. The fourth-order valence-corrected chi connectivity index (χ4v) is 3.92. The quantitative estimate of drug-likeness (QED) is 0.439. The van der Waals surface area contributed by atoms with Crippen molar-refractivity contribution in [2.75, 3.05) is 23.4 Å². The van der Waals surface area contributed by atoms with Gasteiger partial charge in [0.25, 0.3) is 11.8 Å². The zero-order chi connectivity index (χ0) is 22.8. The predicted molar refractivity (Wildman–Crippen MR) is 128 cm³/mol. The molecule has 4 aromatic rings. The molecule has 0 fully saturated rings. The molecule has 2 amide bonds. The second-order valence-electron chi connectivity index (χ2n) is 7.68. The summed E-state index contributed by atoms with van der Waals surface area (Å²) in [6, 6.07) is 26.1. The van der Waals surface area contributed by atoms with E-state index in [1.807, 2.05) is 73.7 Å². The van der Waals surface area contributed by atoms with Crippen LogP contribution in [0.2, 0.25) is 0 Å². The Labute approximate surface area is 191 Å². The maximum atomic E-state index is 13.2. The first kappa shape index (κ1) is 20.6. The van der Waals surface area contributed by atoms with Crippen molar-refractivity contribution in [3.63, 3.8) is 0 Å². The molecule has 0 radical (unpaired) electrons. The second kappa shape index (κ2) is 8.67. The molecule has 1 aliphatic heterocycles. The van der Waals surface area contributed by atoms with Crippen LogP contribution in [0.5, 0.6) is 17.2 Å². The first-order valence-corrected chi connectivity index (χ1v) is 10.8. The molecule has 4 aromatic carbocycles. The van der Waals surface area contributed by atoms with Crippen LogP contribution in [0.25, 0.3) is 10.8 Å². The molecule has 1 heterocycles. The van der Waals surface area contributed by atoms with Crippen molar-refractivity contribution in [3.8, 4) is 17.2 Å². The first-order chi connectivity index (χ1) is 16.1. The van der Waals surface area contributed by atoms with Gasteiger partial charge in [-0.3, -0.25) is 9.59 Å². The lowest BCUT2D eigenvalue weighted by atomic mass is 10.1. The van der Waals surface area contributed by atoms with E-state index in [1.165, 1.54) is 0 Å². The molecule has 0 atom stereocenters. The number of amides is 2. The van der Waals surface area contributed by atoms with Crippen LogP contribution in [0.3, 0.4) is 0 Å². The Bertz CT molecular complexity index is 1370. The van der Waals surface area contributed by atoms with Gasteiger partial charge in [0.1, 0.15) is 11.5 Å². The summed E-state index contributed by atoms with van der Waals surface area (Å²) in [6.07, 6.45) is 0. The highest BCUT2D eigenvalue weighted by molar-refractivity contribution is 6.10. The number of fused-ring (bicyclic) bond motifs is 3. The van der Waals surface area contributed by atoms with Gasteiger partial charge in [-0.25, -0.2) is 0 Å². The Morgan fingerprint density at radius 3 is 2.55 bits per heavy atom. The van der Waals surface area contributed by atoms with E-state index in [0.29, 0.717) is 35.0 Å². The van der Waals surface area contributed by atoms with Crippen molar-refractivity contribution < 1.29 is 19.1 Å². The number of nitrogens with zero attached hydrogens (tertiary/aromatic N) is 1. The van der Waals surface area contributed by atoms with Gasteiger partial charge in [-0.15, -0.1) is 0 Å². The van der Waals surface area contributed by atoms with Crippen LogP contribution in [0.1, 0.15) is 17.3 Å². The Hall–Kier alpha value is -4.32. The predicted octanol–water partition coefficient (Wildman–Crippen LogP) is 5.63. The van der Waals surface area contributed by atoms with Gasteiger partial charge in [0.05, 0.1) is 11.3 Å². The number of carbonyl (C=O) groups excluding carboxylic acids is 2. The highest BCUT2D eigenvalue weighted by Crippen LogP contribution is 2.39. The largest absolute Gasteiger partial charge is 0.484 e. The van der Waals surface area contributed by atoms with Crippen molar-refractivity contribution in [1.82, 2.24) is 0 Å². The topological polar surface area (TPSA) is 67.9 Å². The summed E-state index contributed by atoms with van der Waals surface area (Å²) in [5.74, 6) is 1.19. The van der Waals surface area contributed by atoms with Gasteiger partial charge in [-0.2, -0.15) is 0 Å². The molecule has 6 heteroatoms. The van der Waals surface area contributed by atoms with Crippen molar-refractivity contribution in [1.29, 1.82) is 0 Å². The van der Waals surface area contributed by atoms with Gasteiger partial charge in [-0.1, -0.05) is 42.5 Å². The SMILES string of the molecule is CCN1C(=O)c2cc(NC(=O)COc3ccc4ccccc4c3)ccc2Oc2ccccc21. The number of ether oxygens (including phenoxy) is 2. The summed E-state index contributed by atoms with van der Waals surface area (Å²) >= 11 is 0. The van der Waals surface area contributed by atoms with Crippen molar-refractivity contribution in [3.05, 3.63) is 90.5 Å². The zero-order valence-corrected chi connectivity index (χ0v) is 18.1. The van der Waals surface area contributed by atoms with Crippen molar-refractivity contribution >= 4 is 34.0 Å². The van der Waals surface area contributed by atoms with E-state index in [2.05, 4.69) is 5.32 Å². The highest BCUT2D eigenvalue weighted by atomic mass is 16.5. The van der Waals surface area contributed by atoms with E-state index in [0.717, 1.165) is 16.5 Å². The smallest absolute Gasteiger partial charge is 0.262 e. The van der Waals surface area contributed by atoms with Gasteiger partial charge in [0, 0.05) is 12.2 Å². The lowest BCUT2D eigenvalue weighted by Gasteiger charge is -2.19. The van der Waals surface area contributed by atoms with Crippen LogP contribution in [0.15, 0.2) is 84.9 Å². The molecular weight excluding hydrogens is 416 g/mol. The summed E-state index contributed by atoms with van der Waals surface area (Å²) in [5.41, 5.74) is 1.61. The van der Waals surface area contributed by atoms with Crippen molar-refractivity contribution in [2.45, 2.75) is 6.92 Å². The normalized spacial score (nSPS) is 12.4. The molecule has 0 saturated carbocycles. The molecular formula is C27H22N2O4. The second-order valence-corrected chi connectivity index (χ2v) is 7.68. The Balaban J connectivity index is 1.31. The molecule has 164 valence electrons. The number of rotatable bonds is 5. The van der Waals surface area contributed by atoms with Gasteiger partial charge in [0.15, 0.2) is 12.4 Å². The fraction of sp³-hybridized carbons (Fsp3) is 0.111. The number of benzene rings is 4. The number of hydrogen-bond donors (Lipinski definition) is 1. The minimum atomic E-state index is -0.319. The number of anilines is 2. The average molecular weight is 438 g/mol. The summed E-state index contributed by atoms with van der Waals surface area (Å²) in [6.45, 7) is 2.26. The summed E-state index contributed by atoms with van der Waals surface area (Å²) in [4.78, 5) is 27.4. The van der Waals surface area contributed by atoms with E-state index in [1.54, 1.807) is 23.1 Å².